The number of benzene rings is 1. The van der Waals surface area contributed by atoms with Gasteiger partial charge in [-0.3, -0.25) is 9.88 Å². The van der Waals surface area contributed by atoms with E-state index in [4.69, 9.17) is 4.74 Å². The summed E-state index contributed by atoms with van der Waals surface area (Å²) >= 11 is 0. The van der Waals surface area contributed by atoms with E-state index < -0.39 is 0 Å². The van der Waals surface area contributed by atoms with Crippen LogP contribution in [0.25, 0.3) is 5.57 Å². The first-order valence-electron chi connectivity index (χ1n) is 8.52. The van der Waals surface area contributed by atoms with Gasteiger partial charge in [-0.15, -0.1) is 0 Å². The number of pyridine rings is 1. The minimum atomic E-state index is -0.312. The van der Waals surface area contributed by atoms with E-state index in [0.29, 0.717) is 12.0 Å². The lowest BCUT2D eigenvalue weighted by atomic mass is 9.95. The predicted molar refractivity (Wildman–Crippen MR) is 92.1 cm³/mol. The molecule has 2 atom stereocenters. The van der Waals surface area contributed by atoms with E-state index in [1.54, 1.807) is 12.3 Å². The number of carbonyl (C=O) groups is 1. The van der Waals surface area contributed by atoms with Gasteiger partial charge >= 0.3 is 6.09 Å². The van der Waals surface area contributed by atoms with E-state index in [0.717, 1.165) is 24.0 Å². The Bertz CT molecular complexity index is 806. The van der Waals surface area contributed by atoms with Crippen LogP contribution in [0.2, 0.25) is 0 Å². The first-order chi connectivity index (χ1) is 12.2. The molecule has 2 aromatic rings. The Kier molecular flexibility index (Phi) is 4.22. The Morgan fingerprint density at radius 2 is 2.08 bits per heavy atom. The van der Waals surface area contributed by atoms with Gasteiger partial charge in [0, 0.05) is 17.8 Å². The highest BCUT2D eigenvalue weighted by Crippen LogP contribution is 2.39. The monoisotopic (exact) mass is 338 g/mol. The molecule has 25 heavy (non-hydrogen) atoms. The van der Waals surface area contributed by atoms with E-state index in [-0.39, 0.29) is 30.6 Å². The number of nitrogens with zero attached hydrogens (tertiary/aromatic N) is 2. The van der Waals surface area contributed by atoms with Gasteiger partial charge in [-0.25, -0.2) is 9.18 Å². The number of ether oxygens (including phenoxy) is 1. The molecule has 5 heteroatoms. The van der Waals surface area contributed by atoms with Crippen molar-refractivity contribution in [2.45, 2.75) is 38.0 Å². The molecule has 0 spiro atoms. The van der Waals surface area contributed by atoms with Gasteiger partial charge in [0.05, 0.1) is 12.2 Å². The summed E-state index contributed by atoms with van der Waals surface area (Å²) in [6.07, 6.45) is 7.00. The number of fused-ring (bicyclic) bond motifs is 2. The van der Waals surface area contributed by atoms with Crippen molar-refractivity contribution in [2.24, 2.45) is 0 Å². The standard InChI is InChI=1S/C20H19FN2O2/c21-19-12-22-9-8-18(19)15-10-16-6-7-17(11-15)23(16)20(24)25-13-14-4-2-1-3-5-14/h1-5,8-10,12,16-17H,6-7,11,13H2. The molecular weight excluding hydrogens is 319 g/mol. The molecule has 2 aliphatic heterocycles. The summed E-state index contributed by atoms with van der Waals surface area (Å²) < 4.78 is 19.5. The molecule has 4 rings (SSSR count). The number of halogens is 1. The molecule has 2 unspecified atom stereocenters. The molecule has 1 fully saturated rings. The van der Waals surface area contributed by atoms with Crippen molar-refractivity contribution in [3.8, 4) is 0 Å². The Balaban J connectivity index is 1.48. The summed E-state index contributed by atoms with van der Waals surface area (Å²) in [5.41, 5.74) is 2.51. The lowest BCUT2D eigenvalue weighted by Crippen LogP contribution is -2.43. The average Bonchev–Trinajstić information content (AvgIpc) is 2.91. The molecular formula is C20H19FN2O2. The van der Waals surface area contributed by atoms with Crippen LogP contribution in [0.5, 0.6) is 0 Å². The Hall–Kier alpha value is -2.69. The van der Waals surface area contributed by atoms with E-state index in [1.165, 1.54) is 6.20 Å². The van der Waals surface area contributed by atoms with Gasteiger partial charge in [0.1, 0.15) is 12.4 Å². The third-order valence-corrected chi connectivity index (χ3v) is 4.93. The Labute approximate surface area is 145 Å². The lowest BCUT2D eigenvalue weighted by Gasteiger charge is -2.33. The molecule has 0 radical (unpaired) electrons. The van der Waals surface area contributed by atoms with Gasteiger partial charge in [-0.05, 0) is 36.5 Å². The van der Waals surface area contributed by atoms with E-state index in [1.807, 2.05) is 41.3 Å². The Morgan fingerprint density at radius 1 is 1.24 bits per heavy atom. The van der Waals surface area contributed by atoms with Crippen molar-refractivity contribution < 1.29 is 13.9 Å². The molecule has 2 bridgehead atoms. The summed E-state index contributed by atoms with van der Waals surface area (Å²) in [5, 5.41) is 0. The molecule has 3 heterocycles. The van der Waals surface area contributed by atoms with Crippen LogP contribution in [0.1, 0.15) is 30.4 Å². The quantitative estimate of drug-likeness (QED) is 0.843. The lowest BCUT2D eigenvalue weighted by molar-refractivity contribution is 0.0832. The maximum absolute atomic E-state index is 14.0. The highest BCUT2D eigenvalue weighted by Gasteiger charge is 2.40. The van der Waals surface area contributed by atoms with Gasteiger partial charge < -0.3 is 4.74 Å². The maximum atomic E-state index is 14.0. The van der Waals surface area contributed by atoms with Crippen molar-refractivity contribution in [1.82, 2.24) is 9.88 Å². The summed E-state index contributed by atoms with van der Waals surface area (Å²) in [7, 11) is 0. The molecule has 1 aromatic heterocycles. The summed E-state index contributed by atoms with van der Waals surface area (Å²) in [6.45, 7) is 0.269. The van der Waals surface area contributed by atoms with Crippen molar-refractivity contribution in [2.75, 3.05) is 0 Å². The zero-order chi connectivity index (χ0) is 17.2. The fourth-order valence-corrected chi connectivity index (χ4v) is 3.74. The van der Waals surface area contributed by atoms with E-state index >= 15 is 0 Å². The van der Waals surface area contributed by atoms with Crippen molar-refractivity contribution in [3.05, 3.63) is 71.8 Å². The van der Waals surface area contributed by atoms with Gasteiger partial charge in [-0.1, -0.05) is 36.4 Å². The number of carbonyl (C=O) groups excluding carboxylic acids is 1. The van der Waals surface area contributed by atoms with E-state index in [2.05, 4.69) is 4.98 Å². The summed E-state index contributed by atoms with van der Waals surface area (Å²) in [6, 6.07) is 11.4. The third kappa shape index (κ3) is 3.14. The second-order valence-corrected chi connectivity index (χ2v) is 6.50. The average molecular weight is 338 g/mol. The first kappa shape index (κ1) is 15.8. The van der Waals surface area contributed by atoms with Gasteiger partial charge in [0.2, 0.25) is 0 Å². The normalized spacial score (nSPS) is 21.8. The van der Waals surface area contributed by atoms with E-state index in [9.17, 15) is 9.18 Å². The van der Waals surface area contributed by atoms with Crippen LogP contribution in [0.4, 0.5) is 9.18 Å². The predicted octanol–water partition coefficient (Wildman–Crippen LogP) is 4.18. The van der Waals surface area contributed by atoms with Crippen molar-refractivity contribution >= 4 is 11.7 Å². The molecule has 4 nitrogen and oxygen atoms in total. The smallest absolute Gasteiger partial charge is 0.410 e. The van der Waals surface area contributed by atoms with Crippen LogP contribution in [0.15, 0.2) is 54.9 Å². The minimum absolute atomic E-state index is 0.0235. The number of rotatable bonds is 3. The highest BCUT2D eigenvalue weighted by molar-refractivity contribution is 5.75. The summed E-state index contributed by atoms with van der Waals surface area (Å²) in [5.74, 6) is -0.312. The molecule has 128 valence electrons. The van der Waals surface area contributed by atoms with Crippen molar-refractivity contribution in [1.29, 1.82) is 0 Å². The van der Waals surface area contributed by atoms with Crippen LogP contribution in [0, 0.1) is 5.82 Å². The molecule has 1 amide bonds. The SMILES string of the molecule is O=C(OCc1ccccc1)N1C2C=C(c3ccncc3F)CC1CC2. The molecule has 1 aromatic carbocycles. The molecule has 1 saturated heterocycles. The van der Waals surface area contributed by atoms with Crippen LogP contribution in [0.3, 0.4) is 0 Å². The third-order valence-electron chi connectivity index (χ3n) is 4.93. The number of amides is 1. The largest absolute Gasteiger partial charge is 0.445 e. The highest BCUT2D eigenvalue weighted by atomic mass is 19.1. The zero-order valence-corrected chi connectivity index (χ0v) is 13.8. The van der Waals surface area contributed by atoms with Crippen LogP contribution >= 0.6 is 0 Å². The minimum Gasteiger partial charge on any atom is -0.445 e. The first-order valence-corrected chi connectivity index (χ1v) is 8.52. The fourth-order valence-electron chi connectivity index (χ4n) is 3.74. The van der Waals surface area contributed by atoms with Crippen LogP contribution in [-0.2, 0) is 11.3 Å². The van der Waals surface area contributed by atoms with Gasteiger partial charge in [0.15, 0.2) is 0 Å². The fraction of sp³-hybridized carbons (Fsp3) is 0.300. The maximum Gasteiger partial charge on any atom is 0.410 e. The van der Waals surface area contributed by atoms with Crippen LogP contribution in [-0.4, -0.2) is 28.1 Å². The molecule has 2 aliphatic rings. The van der Waals surface area contributed by atoms with Gasteiger partial charge in [0.25, 0.3) is 0 Å². The second kappa shape index (κ2) is 6.67. The topological polar surface area (TPSA) is 42.4 Å². The number of aromatic nitrogens is 1. The number of hydrogen-bond acceptors (Lipinski definition) is 3. The molecule has 0 aliphatic carbocycles. The second-order valence-electron chi connectivity index (χ2n) is 6.50. The molecule has 0 N–H and O–H groups in total. The number of hydrogen-bond donors (Lipinski definition) is 0. The van der Waals surface area contributed by atoms with Gasteiger partial charge in [-0.2, -0.15) is 0 Å². The van der Waals surface area contributed by atoms with Crippen LogP contribution < -0.4 is 0 Å². The molecule has 0 saturated carbocycles. The Morgan fingerprint density at radius 3 is 2.84 bits per heavy atom. The van der Waals surface area contributed by atoms with Crippen molar-refractivity contribution in [3.63, 3.8) is 0 Å². The summed E-state index contributed by atoms with van der Waals surface area (Å²) in [4.78, 5) is 18.1. The zero-order valence-electron chi connectivity index (χ0n) is 13.8.